The van der Waals surface area contributed by atoms with Crippen LogP contribution in [0.4, 0.5) is 4.79 Å². The maximum absolute atomic E-state index is 13.7. The number of ether oxygens (including phenoxy) is 1. The van der Waals surface area contributed by atoms with Crippen LogP contribution in [0, 0.1) is 11.3 Å². The number of fused-ring (bicyclic) bond motifs is 4. The molecule has 3 aromatic heterocycles. The minimum Gasteiger partial charge on any atom is -0.442 e. The Morgan fingerprint density at radius 2 is 1.91 bits per heavy atom. The molecule has 9 nitrogen and oxygen atoms in total. The molecule has 0 saturated heterocycles. The third-order valence-corrected chi connectivity index (χ3v) is 5.68. The molecule has 0 spiro atoms. The van der Waals surface area contributed by atoms with Gasteiger partial charge in [-0.05, 0) is 45.0 Å². The normalized spacial score (nSPS) is 11.9. The molecule has 0 bridgehead atoms. The highest BCUT2D eigenvalue weighted by Gasteiger charge is 2.23. The van der Waals surface area contributed by atoms with E-state index < -0.39 is 11.7 Å². The summed E-state index contributed by atoms with van der Waals surface area (Å²) in [6, 6.07) is 10.5. The van der Waals surface area contributed by atoms with E-state index in [2.05, 4.69) is 16.3 Å². The van der Waals surface area contributed by atoms with E-state index in [0.29, 0.717) is 38.4 Å². The lowest BCUT2D eigenvalue weighted by Gasteiger charge is -2.19. The number of hydrogen-bond acceptors (Lipinski definition) is 6. The Morgan fingerprint density at radius 1 is 1.15 bits per heavy atom. The van der Waals surface area contributed by atoms with Gasteiger partial charge < -0.3 is 4.74 Å². The number of benzene rings is 2. The third kappa shape index (κ3) is 3.31. The summed E-state index contributed by atoms with van der Waals surface area (Å²) < 4.78 is 9.67. The molecule has 0 aliphatic rings. The average Bonchev–Trinajstić information content (AvgIpc) is 3.37. The van der Waals surface area contributed by atoms with Crippen molar-refractivity contribution in [1.29, 1.82) is 5.26 Å². The van der Waals surface area contributed by atoms with Crippen LogP contribution in [0.5, 0.6) is 0 Å². The SMILES string of the molecule is Cn1cc2c(n1)c(=O)n(-c1cccc3c1cnn3C(=O)OC(C)(C)C)c1cc(Cl)c(C#N)cc21. The Hall–Kier alpha value is -4.16. The average molecular weight is 475 g/mol. The fourth-order valence-corrected chi connectivity index (χ4v) is 4.23. The Morgan fingerprint density at radius 3 is 2.62 bits per heavy atom. The van der Waals surface area contributed by atoms with E-state index in [1.165, 1.54) is 10.8 Å². The van der Waals surface area contributed by atoms with E-state index in [9.17, 15) is 14.9 Å². The molecule has 0 saturated carbocycles. The quantitative estimate of drug-likeness (QED) is 0.353. The van der Waals surface area contributed by atoms with Gasteiger partial charge in [0.05, 0.1) is 33.5 Å². The zero-order valence-electron chi connectivity index (χ0n) is 18.8. The number of nitriles is 1. The molecule has 170 valence electrons. The molecule has 0 unspecified atom stereocenters. The van der Waals surface area contributed by atoms with E-state index in [0.717, 1.165) is 4.68 Å². The van der Waals surface area contributed by atoms with Crippen molar-refractivity contribution in [2.24, 2.45) is 7.05 Å². The summed E-state index contributed by atoms with van der Waals surface area (Å²) in [4.78, 5) is 26.4. The molecule has 0 radical (unpaired) electrons. The highest BCUT2D eigenvalue weighted by Crippen LogP contribution is 2.31. The minimum absolute atomic E-state index is 0.225. The molecule has 0 aliphatic heterocycles. The van der Waals surface area contributed by atoms with Crippen LogP contribution in [0.3, 0.4) is 0 Å². The summed E-state index contributed by atoms with van der Waals surface area (Å²) in [5.41, 5.74) is 0.967. The highest BCUT2D eigenvalue weighted by atomic mass is 35.5. The number of carbonyl (C=O) groups is 1. The predicted molar refractivity (Wildman–Crippen MR) is 128 cm³/mol. The molecule has 3 heterocycles. The number of carbonyl (C=O) groups excluding carboxylic acids is 1. The minimum atomic E-state index is -0.695. The first-order valence-corrected chi connectivity index (χ1v) is 10.8. The van der Waals surface area contributed by atoms with Gasteiger partial charge in [0.1, 0.15) is 11.7 Å². The van der Waals surface area contributed by atoms with Gasteiger partial charge in [-0.15, -0.1) is 0 Å². The van der Waals surface area contributed by atoms with Gasteiger partial charge in [0, 0.05) is 29.4 Å². The highest BCUT2D eigenvalue weighted by molar-refractivity contribution is 6.32. The predicted octanol–water partition coefficient (Wildman–Crippen LogP) is 4.54. The van der Waals surface area contributed by atoms with E-state index in [4.69, 9.17) is 16.3 Å². The second-order valence-corrected chi connectivity index (χ2v) is 9.32. The summed E-state index contributed by atoms with van der Waals surface area (Å²) in [6.07, 6.45) is 2.62. The number of aryl methyl sites for hydroxylation is 1. The Kier molecular flexibility index (Phi) is 4.74. The lowest BCUT2D eigenvalue weighted by Crippen LogP contribution is -2.27. The number of halogens is 1. The van der Waals surface area contributed by atoms with Gasteiger partial charge in [-0.1, -0.05) is 17.7 Å². The van der Waals surface area contributed by atoms with Crippen LogP contribution in [0.1, 0.15) is 26.3 Å². The van der Waals surface area contributed by atoms with Crippen molar-refractivity contribution in [3.63, 3.8) is 0 Å². The van der Waals surface area contributed by atoms with Crippen molar-refractivity contribution in [1.82, 2.24) is 24.1 Å². The summed E-state index contributed by atoms with van der Waals surface area (Å²) >= 11 is 6.36. The van der Waals surface area contributed by atoms with E-state index >= 15 is 0 Å². The first-order chi connectivity index (χ1) is 16.1. The largest absolute Gasteiger partial charge is 0.442 e. The fourth-order valence-electron chi connectivity index (χ4n) is 4.03. The maximum Gasteiger partial charge on any atom is 0.435 e. The molecule has 0 N–H and O–H groups in total. The summed E-state index contributed by atoms with van der Waals surface area (Å²) in [7, 11) is 1.72. The van der Waals surface area contributed by atoms with Crippen LogP contribution in [0.15, 0.2) is 47.5 Å². The van der Waals surface area contributed by atoms with E-state index in [1.807, 2.05) is 0 Å². The van der Waals surface area contributed by atoms with Crippen LogP contribution in [-0.2, 0) is 11.8 Å². The lowest BCUT2D eigenvalue weighted by atomic mass is 10.1. The Balaban J connectivity index is 1.86. The van der Waals surface area contributed by atoms with Crippen LogP contribution in [0.25, 0.3) is 38.4 Å². The second-order valence-electron chi connectivity index (χ2n) is 8.91. The molecule has 5 aromatic rings. The van der Waals surface area contributed by atoms with Gasteiger partial charge in [0.15, 0.2) is 5.52 Å². The third-order valence-electron chi connectivity index (χ3n) is 5.37. The molecule has 5 rings (SSSR count). The van der Waals surface area contributed by atoms with Crippen molar-refractivity contribution in [3.8, 4) is 11.8 Å². The number of pyridine rings is 1. The smallest absolute Gasteiger partial charge is 0.435 e. The van der Waals surface area contributed by atoms with Crippen molar-refractivity contribution in [3.05, 3.63) is 63.7 Å². The number of aromatic nitrogens is 5. The summed E-state index contributed by atoms with van der Waals surface area (Å²) in [6.45, 7) is 5.32. The van der Waals surface area contributed by atoms with Gasteiger partial charge in [0.25, 0.3) is 5.56 Å². The van der Waals surface area contributed by atoms with Crippen molar-refractivity contribution >= 4 is 50.4 Å². The Labute approximate surface area is 198 Å². The summed E-state index contributed by atoms with van der Waals surface area (Å²) in [5.74, 6) is 0. The molecule has 10 heteroatoms. The zero-order chi connectivity index (χ0) is 24.4. The van der Waals surface area contributed by atoms with Crippen LogP contribution in [0.2, 0.25) is 5.02 Å². The molecular weight excluding hydrogens is 456 g/mol. The molecule has 0 fully saturated rings. The first kappa shape index (κ1) is 21.7. The van der Waals surface area contributed by atoms with Gasteiger partial charge in [-0.3, -0.25) is 14.0 Å². The summed E-state index contributed by atoms with van der Waals surface area (Å²) in [5, 5.41) is 20.1. The van der Waals surface area contributed by atoms with Gasteiger partial charge >= 0.3 is 6.09 Å². The van der Waals surface area contributed by atoms with Gasteiger partial charge in [-0.2, -0.15) is 20.1 Å². The standard InChI is InChI=1S/C24H19ClN6O3/c1-24(2,3)34-23(33)31-19-7-5-6-18(15(19)11-27-31)30-20-9-17(25)13(10-26)8-14(20)16-12-29(4)28-21(16)22(30)32/h5-9,11-12H,1-4H3. The molecule has 0 aliphatic carbocycles. The number of nitrogens with zero attached hydrogens (tertiary/aromatic N) is 6. The molecule has 0 atom stereocenters. The number of rotatable bonds is 1. The molecular formula is C24H19ClN6O3. The topological polar surface area (TPSA) is 108 Å². The molecule has 2 aromatic carbocycles. The molecule has 34 heavy (non-hydrogen) atoms. The zero-order valence-corrected chi connectivity index (χ0v) is 19.6. The Bertz CT molecular complexity index is 1750. The van der Waals surface area contributed by atoms with Crippen LogP contribution in [-0.4, -0.2) is 35.8 Å². The van der Waals surface area contributed by atoms with Crippen LogP contribution < -0.4 is 5.56 Å². The first-order valence-electron chi connectivity index (χ1n) is 10.4. The monoisotopic (exact) mass is 474 g/mol. The fraction of sp³-hybridized carbons (Fsp3) is 0.208. The number of hydrogen-bond donors (Lipinski definition) is 0. The van der Waals surface area contributed by atoms with Crippen molar-refractivity contribution < 1.29 is 9.53 Å². The van der Waals surface area contributed by atoms with Crippen molar-refractivity contribution in [2.45, 2.75) is 26.4 Å². The van der Waals surface area contributed by atoms with Gasteiger partial charge in [-0.25, -0.2) is 4.79 Å². The molecule has 0 amide bonds. The van der Waals surface area contributed by atoms with E-state index in [-0.39, 0.29) is 16.1 Å². The van der Waals surface area contributed by atoms with Crippen LogP contribution >= 0.6 is 11.6 Å². The lowest BCUT2D eigenvalue weighted by molar-refractivity contribution is 0.0522. The second kappa shape index (κ2) is 7.43. The van der Waals surface area contributed by atoms with Crippen molar-refractivity contribution in [2.75, 3.05) is 0 Å². The van der Waals surface area contributed by atoms with Gasteiger partial charge in [0.2, 0.25) is 0 Å². The maximum atomic E-state index is 13.7. The van der Waals surface area contributed by atoms with E-state index in [1.54, 1.807) is 69.0 Å².